The normalized spacial score (nSPS) is 30.9. The van der Waals surface area contributed by atoms with Gasteiger partial charge in [0, 0.05) is 18.0 Å². The third-order valence-corrected chi connectivity index (χ3v) is 5.36. The van der Waals surface area contributed by atoms with E-state index in [9.17, 15) is 22.4 Å². The van der Waals surface area contributed by atoms with Crippen molar-refractivity contribution in [2.75, 3.05) is 13.1 Å². The monoisotopic (exact) mass is 374 g/mol. The molecule has 1 amide bonds. The van der Waals surface area contributed by atoms with Crippen LogP contribution in [0.3, 0.4) is 0 Å². The molecule has 0 aromatic heterocycles. The first kappa shape index (κ1) is 18.9. The van der Waals surface area contributed by atoms with Crippen LogP contribution in [0.5, 0.6) is 0 Å². The average molecular weight is 374 g/mol. The molecule has 0 radical (unpaired) electrons. The summed E-state index contributed by atoms with van der Waals surface area (Å²) >= 11 is 0. The third kappa shape index (κ3) is 3.65. The van der Waals surface area contributed by atoms with Crippen LogP contribution in [-0.4, -0.2) is 24.7 Å². The highest BCUT2D eigenvalue weighted by Gasteiger charge is 2.57. The van der Waals surface area contributed by atoms with E-state index < -0.39 is 29.3 Å². The van der Waals surface area contributed by atoms with Crippen LogP contribution < -0.4 is 10.6 Å². The third-order valence-electron chi connectivity index (χ3n) is 5.36. The molecule has 3 rings (SSSR count). The zero-order valence-electron chi connectivity index (χ0n) is 14.7. The van der Waals surface area contributed by atoms with Crippen molar-refractivity contribution in [3.05, 3.63) is 35.1 Å². The lowest BCUT2D eigenvalue weighted by molar-refractivity contribution is -0.140. The van der Waals surface area contributed by atoms with Crippen LogP contribution in [-0.2, 0) is 16.5 Å². The van der Waals surface area contributed by atoms with E-state index in [0.29, 0.717) is 13.0 Å². The van der Waals surface area contributed by atoms with Crippen molar-refractivity contribution in [1.82, 2.24) is 10.6 Å². The molecule has 2 unspecified atom stereocenters. The molecule has 1 saturated heterocycles. The van der Waals surface area contributed by atoms with Crippen LogP contribution in [0.15, 0.2) is 18.2 Å². The topological polar surface area (TPSA) is 50.4 Å². The van der Waals surface area contributed by atoms with Crippen molar-refractivity contribution in [1.29, 1.82) is 0 Å². The number of hydrogen-bond acceptors (Lipinski definition) is 3. The summed E-state index contributed by atoms with van der Waals surface area (Å²) in [6.07, 6.45) is -3.14. The number of hydrogen-bond donors (Lipinski definition) is 2. The van der Waals surface area contributed by atoms with Crippen LogP contribution in [0.25, 0.3) is 0 Å². The van der Waals surface area contributed by atoms with Crippen molar-refractivity contribution >= 4 is 6.09 Å². The molecule has 1 aliphatic heterocycles. The summed E-state index contributed by atoms with van der Waals surface area (Å²) in [6.45, 7) is 5.02. The first-order chi connectivity index (χ1) is 12.1. The molecule has 2 fully saturated rings. The maximum Gasteiger partial charge on any atom is 0.419 e. The average Bonchev–Trinajstić information content (AvgIpc) is 2.99. The van der Waals surface area contributed by atoms with Crippen molar-refractivity contribution < 1.29 is 27.1 Å². The zero-order chi connectivity index (χ0) is 19.2. The standard InChI is InChI=1S/C18H22F4N2O2/c1-11-9-17(11,12-4-5-14(19)13(8-12)18(20,21)22)26-15(25)23-10-16(2)6-3-7-24-16/h4-5,8,11,24H,3,6-7,9-10H2,1-2H3,(H,23,25)/t11?,16?,17-/m0/s1. The lowest BCUT2D eigenvalue weighted by atomic mass is 10.0. The van der Waals surface area contributed by atoms with Crippen molar-refractivity contribution in [3.8, 4) is 0 Å². The fraction of sp³-hybridized carbons (Fsp3) is 0.611. The van der Waals surface area contributed by atoms with E-state index in [4.69, 9.17) is 4.74 Å². The van der Waals surface area contributed by atoms with Gasteiger partial charge in [0.05, 0.1) is 5.56 Å². The van der Waals surface area contributed by atoms with Crippen LogP contribution in [0.1, 0.15) is 44.2 Å². The maximum absolute atomic E-state index is 13.5. The summed E-state index contributed by atoms with van der Waals surface area (Å²) in [5.41, 5.74) is -2.53. The van der Waals surface area contributed by atoms with Crippen LogP contribution in [0.2, 0.25) is 0 Å². The lowest BCUT2D eigenvalue weighted by Gasteiger charge is -2.26. The Morgan fingerprint density at radius 1 is 1.42 bits per heavy atom. The molecule has 8 heteroatoms. The Hall–Kier alpha value is -1.83. The molecular weight excluding hydrogens is 352 g/mol. The number of rotatable bonds is 4. The molecule has 26 heavy (non-hydrogen) atoms. The van der Waals surface area contributed by atoms with Gasteiger partial charge in [0.2, 0.25) is 0 Å². The molecule has 0 bridgehead atoms. The van der Waals surface area contributed by atoms with Gasteiger partial charge in [0.25, 0.3) is 0 Å². The second kappa shape index (κ2) is 6.40. The fourth-order valence-corrected chi connectivity index (χ4v) is 3.58. The van der Waals surface area contributed by atoms with Gasteiger partial charge in [-0.15, -0.1) is 0 Å². The van der Waals surface area contributed by atoms with Gasteiger partial charge in [-0.2, -0.15) is 13.2 Å². The summed E-state index contributed by atoms with van der Waals surface area (Å²) in [5.74, 6) is -1.48. The molecule has 2 N–H and O–H groups in total. The van der Waals surface area contributed by atoms with Crippen molar-refractivity contribution in [2.24, 2.45) is 5.92 Å². The van der Waals surface area contributed by atoms with E-state index in [2.05, 4.69) is 10.6 Å². The smallest absolute Gasteiger partial charge is 0.419 e. The Morgan fingerprint density at radius 2 is 2.12 bits per heavy atom. The molecule has 2 aliphatic rings. The number of benzene rings is 1. The predicted octanol–water partition coefficient (Wildman–Crippen LogP) is 3.95. The summed E-state index contributed by atoms with van der Waals surface area (Å²) in [4.78, 5) is 12.2. The number of alkyl halides is 3. The van der Waals surface area contributed by atoms with E-state index in [1.807, 2.05) is 6.92 Å². The van der Waals surface area contributed by atoms with E-state index >= 15 is 0 Å². The highest BCUT2D eigenvalue weighted by Crippen LogP contribution is 2.55. The second-order valence-corrected chi connectivity index (χ2v) is 7.52. The predicted molar refractivity (Wildman–Crippen MR) is 87.0 cm³/mol. The molecule has 1 saturated carbocycles. The SMILES string of the molecule is CC1C[C@@]1(OC(=O)NCC1(C)CCCN1)c1ccc(F)c(C(F)(F)F)c1. The molecule has 0 spiro atoms. The number of carbonyl (C=O) groups excluding carboxylic acids is 1. The maximum atomic E-state index is 13.5. The highest BCUT2D eigenvalue weighted by molar-refractivity contribution is 5.68. The molecule has 4 nitrogen and oxygen atoms in total. The molecule has 144 valence electrons. The van der Waals surface area contributed by atoms with Gasteiger partial charge in [0.1, 0.15) is 11.4 Å². The number of amides is 1. The quantitative estimate of drug-likeness (QED) is 0.785. The highest BCUT2D eigenvalue weighted by atomic mass is 19.4. The van der Waals surface area contributed by atoms with E-state index in [1.54, 1.807) is 6.92 Å². The number of halogens is 4. The van der Waals surface area contributed by atoms with Crippen LogP contribution >= 0.6 is 0 Å². The minimum Gasteiger partial charge on any atom is -0.438 e. The summed E-state index contributed by atoms with van der Waals surface area (Å²) in [5, 5.41) is 5.99. The number of alkyl carbamates (subject to hydrolysis) is 1. The summed E-state index contributed by atoms with van der Waals surface area (Å²) in [6, 6.07) is 2.77. The van der Waals surface area contributed by atoms with Crippen molar-refractivity contribution in [2.45, 2.75) is 50.4 Å². The van der Waals surface area contributed by atoms with Gasteiger partial charge in [0.15, 0.2) is 0 Å². The minimum absolute atomic E-state index is 0.139. The first-order valence-corrected chi connectivity index (χ1v) is 8.65. The summed E-state index contributed by atoms with van der Waals surface area (Å²) < 4.78 is 57.9. The van der Waals surface area contributed by atoms with E-state index in [1.165, 1.54) is 6.07 Å². The van der Waals surface area contributed by atoms with Gasteiger partial charge in [-0.25, -0.2) is 9.18 Å². The Kier molecular flexibility index (Phi) is 4.67. The van der Waals surface area contributed by atoms with Crippen molar-refractivity contribution in [3.63, 3.8) is 0 Å². The van der Waals surface area contributed by atoms with Gasteiger partial charge < -0.3 is 15.4 Å². The number of carbonyl (C=O) groups is 1. The molecule has 1 aromatic rings. The van der Waals surface area contributed by atoms with Gasteiger partial charge in [-0.1, -0.05) is 13.0 Å². The molecule has 1 aliphatic carbocycles. The Labute approximate surface area is 149 Å². The van der Waals surface area contributed by atoms with E-state index in [-0.39, 0.29) is 17.0 Å². The molecular formula is C18H22F4N2O2. The minimum atomic E-state index is -4.80. The lowest BCUT2D eigenvalue weighted by Crippen LogP contribution is -2.48. The summed E-state index contributed by atoms with van der Waals surface area (Å²) in [7, 11) is 0. The van der Waals surface area contributed by atoms with Gasteiger partial charge in [-0.05, 0) is 50.4 Å². The van der Waals surface area contributed by atoms with Crippen LogP contribution in [0, 0.1) is 11.7 Å². The molecule has 1 aromatic carbocycles. The Balaban J connectivity index is 1.72. The number of nitrogens with one attached hydrogen (secondary N) is 2. The second-order valence-electron chi connectivity index (χ2n) is 7.52. The Bertz CT molecular complexity index is 701. The fourth-order valence-electron chi connectivity index (χ4n) is 3.58. The van der Waals surface area contributed by atoms with Gasteiger partial charge in [-0.3, -0.25) is 0 Å². The number of ether oxygens (including phenoxy) is 1. The first-order valence-electron chi connectivity index (χ1n) is 8.65. The molecule has 1 heterocycles. The van der Waals surface area contributed by atoms with E-state index in [0.717, 1.165) is 31.5 Å². The molecule has 3 atom stereocenters. The largest absolute Gasteiger partial charge is 0.438 e. The van der Waals surface area contributed by atoms with Crippen LogP contribution in [0.4, 0.5) is 22.4 Å². The Morgan fingerprint density at radius 3 is 2.65 bits per heavy atom. The van der Waals surface area contributed by atoms with Gasteiger partial charge >= 0.3 is 12.3 Å². The zero-order valence-corrected chi connectivity index (χ0v) is 14.7.